The highest BCUT2D eigenvalue weighted by atomic mass is 16.5. The Hall–Kier alpha value is -3.87. The van der Waals surface area contributed by atoms with Crippen LogP contribution >= 0.6 is 0 Å². The molecule has 3 heteroatoms. The first-order chi connectivity index (χ1) is 18.3. The fraction of sp³-hybridized carbons (Fsp3) is 0.286. The minimum absolute atomic E-state index is 0.147. The Kier molecular flexibility index (Phi) is 8.05. The van der Waals surface area contributed by atoms with Gasteiger partial charge in [0.2, 0.25) is 0 Å². The van der Waals surface area contributed by atoms with Crippen LogP contribution in [-0.2, 0) is 0 Å². The lowest BCUT2D eigenvalue weighted by atomic mass is 9.76. The van der Waals surface area contributed by atoms with Crippen molar-refractivity contribution < 1.29 is 9.53 Å². The minimum Gasteiger partial charge on any atom is -0.467 e. The summed E-state index contributed by atoms with van der Waals surface area (Å²) in [5.74, 6) is 3.30. The summed E-state index contributed by atoms with van der Waals surface area (Å²) in [5, 5.41) is 0. The van der Waals surface area contributed by atoms with Crippen LogP contribution in [0.15, 0.2) is 84.0 Å². The largest absolute Gasteiger partial charge is 0.467 e. The number of hydrogen-bond donors (Lipinski definition) is 0. The Balaban J connectivity index is 0.00000107. The number of hydrogen-bond acceptors (Lipinski definition) is 3. The van der Waals surface area contributed by atoms with E-state index in [9.17, 15) is 4.79 Å². The number of ketones is 1. The average Bonchev–Trinajstić information content (AvgIpc) is 3.08. The molecule has 0 radical (unpaired) electrons. The van der Waals surface area contributed by atoms with Crippen molar-refractivity contribution in [2.24, 2.45) is 5.41 Å². The Labute approximate surface area is 227 Å². The number of Topliss-reactive ketones (excluding diaryl/α,β-unsaturated/α-hetero) is 1. The van der Waals surface area contributed by atoms with E-state index in [4.69, 9.17) is 4.74 Å². The maximum atomic E-state index is 13.5. The van der Waals surface area contributed by atoms with Gasteiger partial charge >= 0.3 is 0 Å². The number of ether oxygens (including phenoxy) is 1. The number of carbonyl (C=O) groups is 1. The zero-order valence-corrected chi connectivity index (χ0v) is 23.1. The van der Waals surface area contributed by atoms with Gasteiger partial charge in [0.15, 0.2) is 11.5 Å². The van der Waals surface area contributed by atoms with Gasteiger partial charge < -0.3 is 4.74 Å². The lowest BCUT2D eigenvalue weighted by Gasteiger charge is -2.45. The van der Waals surface area contributed by atoms with E-state index < -0.39 is 5.72 Å². The number of para-hydroxylation sites is 1. The van der Waals surface area contributed by atoms with Crippen molar-refractivity contribution in [1.82, 2.24) is 4.90 Å². The number of likely N-dealkylation sites (N-methyl/N-ethyl adjacent to an activating group) is 1. The zero-order valence-electron chi connectivity index (χ0n) is 23.1. The molecular weight excluding hydrogens is 466 g/mol. The molecule has 5 rings (SSSR count). The Morgan fingerprint density at radius 3 is 2.55 bits per heavy atom. The summed E-state index contributed by atoms with van der Waals surface area (Å²) in [4.78, 5) is 15.7. The number of allylic oxidation sites excluding steroid dienone is 5. The van der Waals surface area contributed by atoms with Crippen molar-refractivity contribution in [3.05, 3.63) is 106 Å². The van der Waals surface area contributed by atoms with Crippen LogP contribution in [0.25, 0.3) is 18.2 Å². The number of benzene rings is 2. The second kappa shape index (κ2) is 11.3. The minimum atomic E-state index is -0.566. The van der Waals surface area contributed by atoms with Crippen molar-refractivity contribution in [2.75, 3.05) is 13.6 Å². The van der Waals surface area contributed by atoms with Crippen molar-refractivity contribution in [2.45, 2.75) is 46.3 Å². The van der Waals surface area contributed by atoms with Crippen molar-refractivity contribution >= 4 is 24.0 Å². The highest BCUT2D eigenvalue weighted by molar-refractivity contribution is 6.02. The van der Waals surface area contributed by atoms with Crippen molar-refractivity contribution in [3.8, 4) is 18.1 Å². The molecule has 1 unspecified atom stereocenters. The summed E-state index contributed by atoms with van der Waals surface area (Å²) in [6.07, 6.45) is 22.9. The maximum absolute atomic E-state index is 13.5. The van der Waals surface area contributed by atoms with Gasteiger partial charge in [-0.15, -0.1) is 12.3 Å². The molecule has 2 aliphatic heterocycles. The number of terminal acetylenes is 1. The molecular formula is C35H37NO2. The van der Waals surface area contributed by atoms with Gasteiger partial charge in [0.1, 0.15) is 5.75 Å². The summed E-state index contributed by atoms with van der Waals surface area (Å²) >= 11 is 0. The molecule has 1 aliphatic carbocycles. The van der Waals surface area contributed by atoms with Crippen molar-refractivity contribution in [1.29, 1.82) is 0 Å². The first kappa shape index (κ1) is 27.2. The van der Waals surface area contributed by atoms with Crippen LogP contribution in [0, 0.1) is 17.8 Å². The zero-order chi connectivity index (χ0) is 27.3. The van der Waals surface area contributed by atoms with E-state index in [0.29, 0.717) is 6.42 Å². The van der Waals surface area contributed by atoms with Crippen LogP contribution in [0.3, 0.4) is 0 Å². The van der Waals surface area contributed by atoms with Gasteiger partial charge in [-0.25, -0.2) is 0 Å². The molecule has 2 aromatic carbocycles. The smallest absolute Gasteiger partial charge is 0.191 e. The van der Waals surface area contributed by atoms with Crippen LogP contribution in [0.5, 0.6) is 5.75 Å². The molecule has 0 N–H and O–H groups in total. The third-order valence-electron chi connectivity index (χ3n) is 7.74. The molecule has 2 aromatic rings. The summed E-state index contributed by atoms with van der Waals surface area (Å²) in [6.45, 7) is 8.93. The van der Waals surface area contributed by atoms with E-state index >= 15 is 0 Å². The number of fused-ring (bicyclic) bond motifs is 2. The predicted molar refractivity (Wildman–Crippen MR) is 160 cm³/mol. The van der Waals surface area contributed by atoms with E-state index in [1.54, 1.807) is 6.92 Å². The molecule has 38 heavy (non-hydrogen) atoms. The molecule has 1 fully saturated rings. The Morgan fingerprint density at radius 2 is 1.79 bits per heavy atom. The lowest BCUT2D eigenvalue weighted by molar-refractivity contribution is -0.0622. The third kappa shape index (κ3) is 4.97. The molecule has 3 nitrogen and oxygen atoms in total. The van der Waals surface area contributed by atoms with E-state index in [0.717, 1.165) is 46.5 Å². The third-order valence-corrected chi connectivity index (χ3v) is 7.74. The normalized spacial score (nSPS) is 22.1. The fourth-order valence-electron chi connectivity index (χ4n) is 5.52. The molecule has 194 valence electrons. The molecule has 0 saturated carbocycles. The lowest BCUT2D eigenvalue weighted by Crippen LogP contribution is -2.54. The average molecular weight is 504 g/mol. The molecule has 1 spiro atoms. The Bertz CT molecular complexity index is 1410. The molecule has 2 heterocycles. The molecule has 1 atom stereocenters. The van der Waals surface area contributed by atoms with Crippen molar-refractivity contribution in [3.63, 3.8) is 0 Å². The van der Waals surface area contributed by atoms with Crippen LogP contribution in [0.2, 0.25) is 0 Å². The van der Waals surface area contributed by atoms with Gasteiger partial charge in [-0.2, -0.15) is 0 Å². The predicted octanol–water partition coefficient (Wildman–Crippen LogP) is 7.98. The molecule has 1 saturated heterocycles. The van der Waals surface area contributed by atoms with E-state index in [1.807, 2.05) is 37.3 Å². The number of carbonyl (C=O) groups excluding carboxylic acids is 1. The van der Waals surface area contributed by atoms with Crippen LogP contribution < -0.4 is 4.74 Å². The Morgan fingerprint density at radius 1 is 1.08 bits per heavy atom. The number of rotatable bonds is 4. The maximum Gasteiger partial charge on any atom is 0.191 e. The van der Waals surface area contributed by atoms with Gasteiger partial charge in [-0.1, -0.05) is 86.7 Å². The topological polar surface area (TPSA) is 29.5 Å². The molecule has 0 amide bonds. The number of nitrogens with zero attached hydrogens (tertiary/aromatic N) is 1. The van der Waals surface area contributed by atoms with Gasteiger partial charge in [0.25, 0.3) is 0 Å². The second-order valence-electron chi connectivity index (χ2n) is 10.4. The number of likely N-dealkylation sites (tertiary alicyclic amines) is 1. The second-order valence-corrected chi connectivity index (χ2v) is 10.4. The first-order valence-corrected chi connectivity index (χ1v) is 13.2. The summed E-state index contributed by atoms with van der Waals surface area (Å²) in [5.41, 5.74) is 5.47. The summed E-state index contributed by atoms with van der Waals surface area (Å²) in [7, 11) is 2.11. The SMILES string of the molecule is C#CC.C/C=C(\C=C1/CN(C)C2(C=Cc3ccccc3O2)C1(C)C)CC(=O)c1cccc2c1C=CCC=C2. The molecule has 3 aliphatic rings. The standard InChI is InChI=1S/C32H33NO2.C3H4/c1-5-23(21-29(34)28-16-11-14-24-12-7-6-8-15-27(24)28)20-26-22-33(4)32(31(26,2)3)19-18-25-13-9-10-17-30(25)35-32;1-3-2/h5,7-20H,6,21-22H2,1-4H3;1H,2H3/b23-5+,26-20+;. The van der Waals surface area contributed by atoms with Gasteiger partial charge in [-0.3, -0.25) is 9.69 Å². The highest BCUT2D eigenvalue weighted by Crippen LogP contribution is 2.52. The van der Waals surface area contributed by atoms with Crippen LogP contribution in [-0.4, -0.2) is 30.0 Å². The molecule has 0 bridgehead atoms. The highest BCUT2D eigenvalue weighted by Gasteiger charge is 2.57. The van der Waals surface area contributed by atoms with Gasteiger partial charge in [0.05, 0.1) is 0 Å². The quantitative estimate of drug-likeness (QED) is 0.313. The van der Waals surface area contributed by atoms with Crippen LogP contribution in [0.1, 0.15) is 67.6 Å². The van der Waals surface area contributed by atoms with Crippen LogP contribution in [0.4, 0.5) is 0 Å². The first-order valence-electron chi connectivity index (χ1n) is 13.2. The van der Waals surface area contributed by atoms with E-state index in [-0.39, 0.29) is 11.2 Å². The van der Waals surface area contributed by atoms with E-state index in [2.05, 4.69) is 98.9 Å². The van der Waals surface area contributed by atoms with Gasteiger partial charge in [0, 0.05) is 29.5 Å². The fourth-order valence-corrected chi connectivity index (χ4v) is 5.52. The van der Waals surface area contributed by atoms with E-state index in [1.165, 1.54) is 5.57 Å². The monoisotopic (exact) mass is 503 g/mol. The molecule has 0 aromatic heterocycles. The summed E-state index contributed by atoms with van der Waals surface area (Å²) in [6, 6.07) is 14.2. The summed E-state index contributed by atoms with van der Waals surface area (Å²) < 4.78 is 6.68. The van der Waals surface area contributed by atoms with Gasteiger partial charge in [-0.05, 0) is 67.8 Å².